The number of nitrogens with one attached hydrogen (secondary N) is 2. The number of unbranched alkanes of at least 4 members (excludes halogenated alkanes) is 2. The van der Waals surface area contributed by atoms with Gasteiger partial charge in [0.1, 0.15) is 0 Å². The Kier molecular flexibility index (Phi) is 8.02. The topological polar surface area (TPSA) is 78.4 Å². The molecule has 0 saturated heterocycles. The molecule has 19 heavy (non-hydrogen) atoms. The van der Waals surface area contributed by atoms with Crippen molar-refractivity contribution in [2.75, 3.05) is 6.54 Å². The van der Waals surface area contributed by atoms with Crippen molar-refractivity contribution in [1.29, 1.82) is 0 Å². The summed E-state index contributed by atoms with van der Waals surface area (Å²) in [4.78, 5) is 22.0. The van der Waals surface area contributed by atoms with Crippen LogP contribution in [0.4, 0.5) is 4.79 Å². The second-order valence-electron chi connectivity index (χ2n) is 5.29. The number of aliphatic carboxylic acids is 1. The molecule has 1 aliphatic carbocycles. The fourth-order valence-corrected chi connectivity index (χ4v) is 2.44. The highest BCUT2D eigenvalue weighted by Crippen LogP contribution is 2.16. The summed E-state index contributed by atoms with van der Waals surface area (Å²) in [6.45, 7) is 0.623. The van der Waals surface area contributed by atoms with Gasteiger partial charge in [-0.1, -0.05) is 32.1 Å². The van der Waals surface area contributed by atoms with E-state index in [2.05, 4.69) is 10.6 Å². The lowest BCUT2D eigenvalue weighted by Crippen LogP contribution is -2.42. The third-order valence-electron chi connectivity index (χ3n) is 3.54. The van der Waals surface area contributed by atoms with Crippen LogP contribution in [0.25, 0.3) is 0 Å². The second-order valence-corrected chi connectivity index (χ2v) is 5.29. The van der Waals surface area contributed by atoms with Gasteiger partial charge in [-0.3, -0.25) is 4.79 Å². The van der Waals surface area contributed by atoms with Crippen LogP contribution in [0.1, 0.15) is 64.2 Å². The van der Waals surface area contributed by atoms with E-state index in [1.54, 1.807) is 0 Å². The van der Waals surface area contributed by atoms with Crippen LogP contribution in [-0.2, 0) is 4.79 Å². The molecule has 0 unspecified atom stereocenters. The van der Waals surface area contributed by atoms with E-state index in [9.17, 15) is 9.59 Å². The highest BCUT2D eigenvalue weighted by Gasteiger charge is 2.13. The lowest BCUT2D eigenvalue weighted by atomic mass is 10.1. The molecule has 0 heterocycles. The van der Waals surface area contributed by atoms with Gasteiger partial charge in [-0.25, -0.2) is 4.79 Å². The van der Waals surface area contributed by atoms with Crippen molar-refractivity contribution in [3.63, 3.8) is 0 Å². The van der Waals surface area contributed by atoms with Crippen LogP contribution >= 0.6 is 0 Å². The van der Waals surface area contributed by atoms with Crippen molar-refractivity contribution in [3.8, 4) is 0 Å². The Balaban J connectivity index is 1.99. The van der Waals surface area contributed by atoms with Crippen LogP contribution in [0.5, 0.6) is 0 Å². The van der Waals surface area contributed by atoms with E-state index in [1.807, 2.05) is 0 Å². The van der Waals surface area contributed by atoms with E-state index in [4.69, 9.17) is 5.11 Å². The molecule has 0 aromatic carbocycles. The molecule has 0 aromatic rings. The van der Waals surface area contributed by atoms with Crippen molar-refractivity contribution in [3.05, 3.63) is 0 Å². The Morgan fingerprint density at radius 1 is 1.00 bits per heavy atom. The minimum absolute atomic E-state index is 0.0786. The molecule has 0 spiro atoms. The molecular formula is C14H26N2O3. The summed E-state index contributed by atoms with van der Waals surface area (Å²) in [6.07, 6.45) is 9.74. The quantitative estimate of drug-likeness (QED) is 0.491. The van der Waals surface area contributed by atoms with Gasteiger partial charge in [0.15, 0.2) is 0 Å². The predicted molar refractivity (Wildman–Crippen MR) is 74.1 cm³/mol. The van der Waals surface area contributed by atoms with E-state index < -0.39 is 5.97 Å². The monoisotopic (exact) mass is 270 g/mol. The number of carboxylic acids is 1. The van der Waals surface area contributed by atoms with E-state index in [0.717, 1.165) is 25.7 Å². The molecular weight excluding hydrogens is 244 g/mol. The fraction of sp³-hybridized carbons (Fsp3) is 0.857. The molecule has 1 rings (SSSR count). The lowest BCUT2D eigenvalue weighted by Gasteiger charge is -2.16. The zero-order valence-electron chi connectivity index (χ0n) is 11.6. The van der Waals surface area contributed by atoms with Gasteiger partial charge >= 0.3 is 12.0 Å². The number of carboxylic acid groups (broad SMARTS) is 1. The first-order valence-electron chi connectivity index (χ1n) is 7.44. The van der Waals surface area contributed by atoms with Gasteiger partial charge in [0, 0.05) is 19.0 Å². The highest BCUT2D eigenvalue weighted by atomic mass is 16.4. The zero-order chi connectivity index (χ0) is 13.9. The Hall–Kier alpha value is -1.26. The van der Waals surface area contributed by atoms with E-state index in [1.165, 1.54) is 25.7 Å². The van der Waals surface area contributed by atoms with Crippen molar-refractivity contribution >= 4 is 12.0 Å². The third kappa shape index (κ3) is 8.46. The molecule has 0 bridgehead atoms. The van der Waals surface area contributed by atoms with E-state index in [0.29, 0.717) is 19.0 Å². The van der Waals surface area contributed by atoms with Crippen molar-refractivity contribution < 1.29 is 14.7 Å². The highest BCUT2D eigenvalue weighted by molar-refractivity contribution is 5.74. The van der Waals surface area contributed by atoms with Crippen LogP contribution in [0.3, 0.4) is 0 Å². The van der Waals surface area contributed by atoms with Crippen LogP contribution in [-0.4, -0.2) is 29.7 Å². The minimum Gasteiger partial charge on any atom is -0.481 e. The molecule has 1 fully saturated rings. The van der Waals surface area contributed by atoms with Crippen LogP contribution < -0.4 is 10.6 Å². The van der Waals surface area contributed by atoms with Crippen molar-refractivity contribution in [2.24, 2.45) is 0 Å². The first-order chi connectivity index (χ1) is 9.18. The van der Waals surface area contributed by atoms with Gasteiger partial charge in [0.25, 0.3) is 0 Å². The molecule has 3 N–H and O–H groups in total. The Morgan fingerprint density at radius 3 is 2.32 bits per heavy atom. The van der Waals surface area contributed by atoms with E-state index >= 15 is 0 Å². The summed E-state index contributed by atoms with van der Waals surface area (Å²) < 4.78 is 0. The lowest BCUT2D eigenvalue weighted by molar-refractivity contribution is -0.137. The number of hydrogen-bond donors (Lipinski definition) is 3. The summed E-state index contributed by atoms with van der Waals surface area (Å²) in [5.41, 5.74) is 0. The molecule has 1 saturated carbocycles. The van der Waals surface area contributed by atoms with Gasteiger partial charge in [-0.15, -0.1) is 0 Å². The molecule has 0 atom stereocenters. The Labute approximate surface area is 115 Å². The summed E-state index contributed by atoms with van der Waals surface area (Å²) in [6, 6.07) is 0.250. The molecule has 5 nitrogen and oxygen atoms in total. The van der Waals surface area contributed by atoms with Gasteiger partial charge in [-0.05, 0) is 25.7 Å². The summed E-state index contributed by atoms with van der Waals surface area (Å²) in [5.74, 6) is -0.751. The fourth-order valence-electron chi connectivity index (χ4n) is 2.44. The summed E-state index contributed by atoms with van der Waals surface area (Å²) in [7, 11) is 0. The standard InChI is InChI=1S/C14H26N2O3/c17-13(18)10-6-3-7-11-15-14(19)16-12-8-4-1-2-5-9-12/h12H,1-11H2,(H,17,18)(H2,15,16,19). The SMILES string of the molecule is O=C(O)CCCCCNC(=O)NC1CCCCCC1. The number of urea groups is 1. The minimum atomic E-state index is -0.751. The maximum absolute atomic E-state index is 11.6. The van der Waals surface area contributed by atoms with Gasteiger partial charge in [-0.2, -0.15) is 0 Å². The van der Waals surface area contributed by atoms with Crippen molar-refractivity contribution in [2.45, 2.75) is 70.3 Å². The number of carbonyl (C=O) groups excluding carboxylic acids is 1. The molecule has 0 aromatic heterocycles. The van der Waals surface area contributed by atoms with E-state index in [-0.39, 0.29) is 12.5 Å². The predicted octanol–water partition coefficient (Wildman–Crippen LogP) is 2.65. The maximum Gasteiger partial charge on any atom is 0.315 e. The first kappa shape index (κ1) is 15.8. The molecule has 0 aliphatic heterocycles. The van der Waals surface area contributed by atoms with Crippen LogP contribution in [0, 0.1) is 0 Å². The smallest absolute Gasteiger partial charge is 0.315 e. The first-order valence-corrected chi connectivity index (χ1v) is 7.44. The van der Waals surface area contributed by atoms with Gasteiger partial charge in [0.05, 0.1) is 0 Å². The number of carbonyl (C=O) groups is 2. The normalized spacial score (nSPS) is 16.6. The Bertz CT molecular complexity index is 274. The second kappa shape index (κ2) is 9.64. The molecule has 5 heteroatoms. The Morgan fingerprint density at radius 2 is 1.68 bits per heavy atom. The number of amides is 2. The van der Waals surface area contributed by atoms with Crippen LogP contribution in [0.15, 0.2) is 0 Å². The average Bonchev–Trinajstić information content (AvgIpc) is 2.62. The molecule has 2 amide bonds. The zero-order valence-corrected chi connectivity index (χ0v) is 11.6. The van der Waals surface area contributed by atoms with Crippen LogP contribution in [0.2, 0.25) is 0 Å². The van der Waals surface area contributed by atoms with Gasteiger partial charge in [0.2, 0.25) is 0 Å². The average molecular weight is 270 g/mol. The third-order valence-corrected chi connectivity index (χ3v) is 3.54. The maximum atomic E-state index is 11.6. The largest absolute Gasteiger partial charge is 0.481 e. The van der Waals surface area contributed by atoms with Crippen molar-refractivity contribution in [1.82, 2.24) is 10.6 Å². The molecule has 1 aliphatic rings. The number of rotatable bonds is 7. The molecule has 110 valence electrons. The summed E-state index contributed by atoms with van der Waals surface area (Å²) in [5, 5.41) is 14.3. The molecule has 0 radical (unpaired) electrons. The summed E-state index contributed by atoms with van der Waals surface area (Å²) >= 11 is 0. The van der Waals surface area contributed by atoms with Gasteiger partial charge < -0.3 is 15.7 Å². The number of hydrogen-bond acceptors (Lipinski definition) is 2.